The molecule has 0 spiro atoms. The highest BCUT2D eigenvalue weighted by Gasteiger charge is 2.24. The van der Waals surface area contributed by atoms with Gasteiger partial charge in [-0.25, -0.2) is 0 Å². The number of hydrogen-bond acceptors (Lipinski definition) is 5. The number of nitrogens with zero attached hydrogens (tertiary/aromatic N) is 3. The van der Waals surface area contributed by atoms with E-state index >= 15 is 0 Å². The largest absolute Gasteiger partial charge is 0.489 e. The quantitative estimate of drug-likeness (QED) is 0.741. The Kier molecular flexibility index (Phi) is 7.54. The Balaban J connectivity index is 1.31. The second-order valence-corrected chi connectivity index (χ2v) is 8.72. The van der Waals surface area contributed by atoms with Gasteiger partial charge in [0.05, 0.1) is 6.04 Å². The van der Waals surface area contributed by atoms with Gasteiger partial charge in [-0.15, -0.1) is 0 Å². The van der Waals surface area contributed by atoms with Crippen LogP contribution < -0.4 is 10.1 Å². The van der Waals surface area contributed by atoms with Crippen molar-refractivity contribution in [1.29, 1.82) is 0 Å². The van der Waals surface area contributed by atoms with Crippen molar-refractivity contribution in [2.75, 3.05) is 32.7 Å². The molecule has 1 saturated heterocycles. The van der Waals surface area contributed by atoms with Crippen LogP contribution in [-0.4, -0.2) is 59.5 Å². The van der Waals surface area contributed by atoms with Crippen molar-refractivity contribution in [3.8, 4) is 5.75 Å². The van der Waals surface area contributed by atoms with Gasteiger partial charge in [0.1, 0.15) is 11.9 Å². The van der Waals surface area contributed by atoms with Crippen molar-refractivity contribution in [3.63, 3.8) is 0 Å². The molecule has 0 aliphatic carbocycles. The van der Waals surface area contributed by atoms with Gasteiger partial charge in [0.15, 0.2) is 0 Å². The number of benzene rings is 1. The fourth-order valence-electron chi connectivity index (χ4n) is 4.66. The molecule has 0 radical (unpaired) electrons. The van der Waals surface area contributed by atoms with Crippen molar-refractivity contribution in [2.24, 2.45) is 0 Å². The minimum Gasteiger partial charge on any atom is -0.489 e. The third-order valence-corrected chi connectivity index (χ3v) is 6.26. The summed E-state index contributed by atoms with van der Waals surface area (Å²) < 4.78 is 6.04. The summed E-state index contributed by atoms with van der Waals surface area (Å²) in [6.07, 6.45) is 8.09. The van der Waals surface area contributed by atoms with Crippen LogP contribution in [0.3, 0.4) is 0 Å². The number of pyridine rings is 1. The molecule has 2 aliphatic heterocycles. The summed E-state index contributed by atoms with van der Waals surface area (Å²) in [5, 5.41) is 3.20. The van der Waals surface area contributed by atoms with Crippen LogP contribution in [0.25, 0.3) is 0 Å². The molecule has 1 amide bonds. The average Bonchev–Trinajstić information content (AvgIpc) is 2.96. The molecule has 1 aromatic carbocycles. The lowest BCUT2D eigenvalue weighted by Crippen LogP contribution is -2.41. The number of para-hydroxylation sites is 1. The SMILES string of the molecule is CC1CN(CCC(=O)NCC(c2cccnc2)N2CCCCC2)Cc2ccccc2O1. The number of ether oxygens (including phenoxy) is 1. The number of hydrogen-bond donors (Lipinski definition) is 1. The number of carbonyl (C=O) groups is 1. The normalized spacial score (nSPS) is 20.9. The van der Waals surface area contributed by atoms with Gasteiger partial charge in [-0.2, -0.15) is 0 Å². The molecule has 3 heterocycles. The van der Waals surface area contributed by atoms with Crippen LogP contribution in [0.15, 0.2) is 48.8 Å². The monoisotopic (exact) mass is 422 g/mol. The molecule has 1 fully saturated rings. The number of fused-ring (bicyclic) bond motifs is 1. The molecule has 6 nitrogen and oxygen atoms in total. The molecule has 1 N–H and O–H groups in total. The smallest absolute Gasteiger partial charge is 0.221 e. The number of likely N-dealkylation sites (tertiary alicyclic amines) is 1. The van der Waals surface area contributed by atoms with E-state index in [1.165, 1.54) is 30.4 Å². The van der Waals surface area contributed by atoms with E-state index in [1.807, 2.05) is 30.5 Å². The van der Waals surface area contributed by atoms with Gasteiger partial charge in [0.2, 0.25) is 5.91 Å². The van der Waals surface area contributed by atoms with Crippen molar-refractivity contribution < 1.29 is 9.53 Å². The fraction of sp³-hybridized carbons (Fsp3) is 0.520. The zero-order valence-electron chi connectivity index (χ0n) is 18.5. The third kappa shape index (κ3) is 6.05. The molecule has 0 saturated carbocycles. The molecule has 0 bridgehead atoms. The Hall–Kier alpha value is -2.44. The lowest BCUT2D eigenvalue weighted by molar-refractivity contribution is -0.121. The van der Waals surface area contributed by atoms with E-state index in [-0.39, 0.29) is 18.1 Å². The Morgan fingerprint density at radius 3 is 2.84 bits per heavy atom. The first kappa shape index (κ1) is 21.8. The van der Waals surface area contributed by atoms with Crippen LogP contribution in [0.2, 0.25) is 0 Å². The molecule has 4 rings (SSSR count). The van der Waals surface area contributed by atoms with E-state index in [4.69, 9.17) is 4.74 Å². The van der Waals surface area contributed by atoms with Crippen LogP contribution >= 0.6 is 0 Å². The third-order valence-electron chi connectivity index (χ3n) is 6.26. The van der Waals surface area contributed by atoms with Crippen LogP contribution in [0, 0.1) is 0 Å². The Bertz CT molecular complexity index is 838. The number of rotatable bonds is 7. The van der Waals surface area contributed by atoms with E-state index in [1.54, 1.807) is 6.20 Å². The lowest BCUT2D eigenvalue weighted by atomic mass is 10.0. The number of carbonyl (C=O) groups excluding carboxylic acids is 1. The predicted molar refractivity (Wildman–Crippen MR) is 122 cm³/mol. The van der Waals surface area contributed by atoms with Gasteiger partial charge < -0.3 is 10.1 Å². The summed E-state index contributed by atoms with van der Waals surface area (Å²) in [6.45, 7) is 7.27. The highest BCUT2D eigenvalue weighted by molar-refractivity contribution is 5.76. The molecular formula is C25H34N4O2. The highest BCUT2D eigenvalue weighted by Crippen LogP contribution is 2.25. The molecule has 31 heavy (non-hydrogen) atoms. The van der Waals surface area contributed by atoms with Gasteiger partial charge >= 0.3 is 0 Å². The molecule has 166 valence electrons. The summed E-state index contributed by atoms with van der Waals surface area (Å²) in [5.41, 5.74) is 2.37. The maximum Gasteiger partial charge on any atom is 0.221 e. The Labute approximate surface area is 185 Å². The molecule has 2 aromatic rings. The van der Waals surface area contributed by atoms with Gasteiger partial charge in [-0.05, 0) is 50.6 Å². The maximum atomic E-state index is 12.7. The topological polar surface area (TPSA) is 57.7 Å². The number of nitrogens with one attached hydrogen (secondary N) is 1. The summed E-state index contributed by atoms with van der Waals surface area (Å²) >= 11 is 0. The van der Waals surface area contributed by atoms with Gasteiger partial charge in [-0.3, -0.25) is 19.6 Å². The minimum atomic E-state index is 0.108. The second kappa shape index (κ2) is 10.7. The van der Waals surface area contributed by atoms with Crippen LogP contribution in [0.5, 0.6) is 5.75 Å². The van der Waals surface area contributed by atoms with E-state index in [9.17, 15) is 4.79 Å². The Morgan fingerprint density at radius 2 is 2.03 bits per heavy atom. The predicted octanol–water partition coefficient (Wildman–Crippen LogP) is 3.40. The van der Waals surface area contributed by atoms with E-state index in [0.29, 0.717) is 13.0 Å². The standard InChI is InChI=1S/C25H34N4O2/c1-20-18-28(19-22-8-3-4-10-24(22)31-20)15-11-25(30)27-17-23(21-9-7-12-26-16-21)29-13-5-2-6-14-29/h3-4,7-10,12,16,20,23H,2,5-6,11,13-15,17-19H2,1H3,(H,27,30). The second-order valence-electron chi connectivity index (χ2n) is 8.72. The number of amides is 1. The summed E-state index contributed by atoms with van der Waals surface area (Å²) in [4.78, 5) is 21.8. The fourth-order valence-corrected chi connectivity index (χ4v) is 4.66. The van der Waals surface area contributed by atoms with Crippen molar-refractivity contribution in [1.82, 2.24) is 20.1 Å². The summed E-state index contributed by atoms with van der Waals surface area (Å²) in [5.74, 6) is 1.07. The zero-order chi connectivity index (χ0) is 21.5. The van der Waals surface area contributed by atoms with Crippen molar-refractivity contribution >= 4 is 5.91 Å². The maximum absolute atomic E-state index is 12.7. The van der Waals surface area contributed by atoms with Gasteiger partial charge in [0, 0.05) is 50.6 Å². The minimum absolute atomic E-state index is 0.108. The average molecular weight is 423 g/mol. The van der Waals surface area contributed by atoms with Crippen molar-refractivity contribution in [2.45, 2.75) is 51.3 Å². The van der Waals surface area contributed by atoms with E-state index < -0.39 is 0 Å². The number of piperidine rings is 1. The first-order chi connectivity index (χ1) is 15.2. The molecule has 1 aromatic heterocycles. The first-order valence-electron chi connectivity index (χ1n) is 11.6. The van der Waals surface area contributed by atoms with Gasteiger partial charge in [-0.1, -0.05) is 30.7 Å². The molecule has 2 unspecified atom stereocenters. The summed E-state index contributed by atoms with van der Waals surface area (Å²) in [6, 6.07) is 12.5. The first-order valence-corrected chi connectivity index (χ1v) is 11.6. The molecule has 2 atom stereocenters. The molecular weight excluding hydrogens is 388 g/mol. The summed E-state index contributed by atoms with van der Waals surface area (Å²) in [7, 11) is 0. The Morgan fingerprint density at radius 1 is 1.19 bits per heavy atom. The van der Waals surface area contributed by atoms with E-state index in [0.717, 1.165) is 38.5 Å². The van der Waals surface area contributed by atoms with Crippen LogP contribution in [0.4, 0.5) is 0 Å². The lowest BCUT2D eigenvalue weighted by Gasteiger charge is -2.34. The van der Waals surface area contributed by atoms with Gasteiger partial charge in [0.25, 0.3) is 0 Å². The molecule has 2 aliphatic rings. The van der Waals surface area contributed by atoms with Crippen molar-refractivity contribution in [3.05, 3.63) is 59.9 Å². The van der Waals surface area contributed by atoms with E-state index in [2.05, 4.69) is 39.2 Å². The van der Waals surface area contributed by atoms with Crippen LogP contribution in [0.1, 0.15) is 49.8 Å². The zero-order valence-corrected chi connectivity index (χ0v) is 18.5. The number of aromatic nitrogens is 1. The highest BCUT2D eigenvalue weighted by atomic mass is 16.5. The van der Waals surface area contributed by atoms with Crippen LogP contribution in [-0.2, 0) is 11.3 Å². The molecule has 6 heteroatoms.